The minimum Gasteiger partial charge on any atom is -0.356 e. The van der Waals surface area contributed by atoms with Gasteiger partial charge in [0, 0.05) is 38.6 Å². The number of amides is 1. The van der Waals surface area contributed by atoms with E-state index in [1.807, 2.05) is 0 Å². The highest BCUT2D eigenvalue weighted by Gasteiger charge is 2.35. The zero-order chi connectivity index (χ0) is 16.9. The van der Waals surface area contributed by atoms with Crippen LogP contribution in [0.25, 0.3) is 0 Å². The number of hydrogen-bond donors (Lipinski definition) is 1. The molecule has 0 unspecified atom stereocenters. The summed E-state index contributed by atoms with van der Waals surface area (Å²) >= 11 is 0. The first-order chi connectivity index (χ1) is 10.9. The minimum absolute atomic E-state index is 0.0420. The molecule has 0 aromatic heterocycles. The summed E-state index contributed by atoms with van der Waals surface area (Å²) in [6, 6.07) is 0. The molecule has 7 heteroatoms. The summed E-state index contributed by atoms with van der Waals surface area (Å²) in [7, 11) is -3.34. The van der Waals surface area contributed by atoms with Gasteiger partial charge in [-0.1, -0.05) is 20.3 Å². The van der Waals surface area contributed by atoms with Gasteiger partial charge < -0.3 is 5.32 Å². The van der Waals surface area contributed by atoms with E-state index in [4.69, 9.17) is 0 Å². The maximum Gasteiger partial charge on any atom is 0.281 e. The predicted octanol–water partition coefficient (Wildman–Crippen LogP) is 1.59. The Kier molecular flexibility index (Phi) is 6.85. The number of nitrogens with zero attached hydrogens (tertiary/aromatic N) is 2. The van der Waals surface area contributed by atoms with E-state index in [-0.39, 0.29) is 11.8 Å². The van der Waals surface area contributed by atoms with Crippen LogP contribution in [-0.4, -0.2) is 55.7 Å². The van der Waals surface area contributed by atoms with Gasteiger partial charge >= 0.3 is 0 Å². The minimum atomic E-state index is -3.34. The predicted molar refractivity (Wildman–Crippen MR) is 91.1 cm³/mol. The normalized spacial score (nSPS) is 23.0. The monoisotopic (exact) mass is 345 g/mol. The van der Waals surface area contributed by atoms with Gasteiger partial charge in [-0.15, -0.1) is 0 Å². The van der Waals surface area contributed by atoms with Crippen molar-refractivity contribution in [2.75, 3.05) is 32.7 Å². The van der Waals surface area contributed by atoms with Crippen molar-refractivity contribution >= 4 is 16.1 Å². The molecule has 2 fully saturated rings. The van der Waals surface area contributed by atoms with Crippen molar-refractivity contribution in [1.29, 1.82) is 0 Å². The van der Waals surface area contributed by atoms with Crippen LogP contribution in [0.5, 0.6) is 0 Å². The molecule has 0 atom stereocenters. The zero-order valence-electron chi connectivity index (χ0n) is 14.5. The van der Waals surface area contributed by atoms with Crippen molar-refractivity contribution in [1.82, 2.24) is 13.9 Å². The highest BCUT2D eigenvalue weighted by atomic mass is 32.2. The van der Waals surface area contributed by atoms with Crippen LogP contribution >= 0.6 is 0 Å². The van der Waals surface area contributed by atoms with E-state index in [2.05, 4.69) is 19.2 Å². The lowest BCUT2D eigenvalue weighted by Gasteiger charge is -2.37. The van der Waals surface area contributed by atoms with Crippen molar-refractivity contribution in [2.24, 2.45) is 11.8 Å². The second-order valence-corrected chi connectivity index (χ2v) is 8.84. The molecule has 2 aliphatic rings. The van der Waals surface area contributed by atoms with E-state index < -0.39 is 10.2 Å². The molecule has 6 nitrogen and oxygen atoms in total. The Balaban J connectivity index is 1.82. The van der Waals surface area contributed by atoms with Gasteiger partial charge in [0.1, 0.15) is 0 Å². The highest BCUT2D eigenvalue weighted by Crippen LogP contribution is 2.25. The molecule has 1 N–H and O–H groups in total. The van der Waals surface area contributed by atoms with Crippen molar-refractivity contribution in [3.05, 3.63) is 0 Å². The van der Waals surface area contributed by atoms with Crippen LogP contribution in [0.3, 0.4) is 0 Å². The van der Waals surface area contributed by atoms with E-state index in [0.29, 0.717) is 44.9 Å². The summed E-state index contributed by atoms with van der Waals surface area (Å²) in [5.74, 6) is 0.654. The van der Waals surface area contributed by atoms with Crippen LogP contribution in [-0.2, 0) is 15.0 Å². The Hall–Kier alpha value is -0.660. The largest absolute Gasteiger partial charge is 0.356 e. The fraction of sp³-hybridized carbons (Fsp3) is 0.938. The van der Waals surface area contributed by atoms with Crippen molar-refractivity contribution in [3.63, 3.8) is 0 Å². The Bertz CT molecular complexity index is 479. The molecule has 23 heavy (non-hydrogen) atoms. The molecular formula is C16H31N3O3S. The first kappa shape index (κ1) is 18.7. The number of rotatable bonds is 6. The van der Waals surface area contributed by atoms with E-state index in [9.17, 15) is 13.2 Å². The Morgan fingerprint density at radius 2 is 1.57 bits per heavy atom. The smallest absolute Gasteiger partial charge is 0.281 e. The average molecular weight is 346 g/mol. The van der Waals surface area contributed by atoms with Gasteiger partial charge in [-0.05, 0) is 38.0 Å². The van der Waals surface area contributed by atoms with Crippen LogP contribution in [0.4, 0.5) is 0 Å². The topological polar surface area (TPSA) is 69.7 Å². The number of carbonyl (C=O) groups is 1. The maximum absolute atomic E-state index is 12.7. The summed E-state index contributed by atoms with van der Waals surface area (Å²) in [6.45, 7) is 7.16. The molecule has 1 amide bonds. The van der Waals surface area contributed by atoms with E-state index >= 15 is 0 Å². The number of unbranched alkanes of at least 4 members (excludes halogenated alkanes) is 1. The molecule has 2 rings (SSSR count). The molecule has 2 heterocycles. The summed E-state index contributed by atoms with van der Waals surface area (Å²) in [5, 5.41) is 2.96. The molecule has 0 spiro atoms. The third kappa shape index (κ3) is 4.90. The van der Waals surface area contributed by atoms with Gasteiger partial charge in [0.25, 0.3) is 10.2 Å². The highest BCUT2D eigenvalue weighted by molar-refractivity contribution is 7.86. The lowest BCUT2D eigenvalue weighted by atomic mass is 9.97. The van der Waals surface area contributed by atoms with E-state index in [0.717, 1.165) is 32.2 Å². The summed E-state index contributed by atoms with van der Waals surface area (Å²) in [4.78, 5) is 12.1. The molecule has 0 saturated carbocycles. The molecule has 0 aliphatic carbocycles. The van der Waals surface area contributed by atoms with Crippen LogP contribution in [0, 0.1) is 11.8 Å². The van der Waals surface area contributed by atoms with Crippen LogP contribution in [0.2, 0.25) is 0 Å². The molecular weight excluding hydrogens is 314 g/mol. The number of nitrogens with one attached hydrogen (secondary N) is 1. The van der Waals surface area contributed by atoms with Gasteiger partial charge in [0.15, 0.2) is 0 Å². The van der Waals surface area contributed by atoms with Crippen LogP contribution < -0.4 is 5.32 Å². The SMILES string of the molecule is CCCCNC(=O)C1CCN(S(=O)(=O)N2CCC(C)CC2)CC1. The average Bonchev–Trinajstić information content (AvgIpc) is 2.55. The van der Waals surface area contributed by atoms with Crippen molar-refractivity contribution in [2.45, 2.75) is 52.4 Å². The summed E-state index contributed by atoms with van der Waals surface area (Å²) < 4.78 is 28.6. The number of hydrogen-bond acceptors (Lipinski definition) is 3. The van der Waals surface area contributed by atoms with Gasteiger partial charge in [-0.25, -0.2) is 0 Å². The second-order valence-electron chi connectivity index (χ2n) is 6.91. The summed E-state index contributed by atoms with van der Waals surface area (Å²) in [6.07, 6.45) is 5.19. The second kappa shape index (κ2) is 8.44. The first-order valence-corrected chi connectivity index (χ1v) is 10.4. The van der Waals surface area contributed by atoms with Gasteiger partial charge in [-0.2, -0.15) is 17.0 Å². The standard InChI is InChI=1S/C16H31N3O3S/c1-3-4-9-17-16(20)15-7-12-19(13-8-15)23(21,22)18-10-5-14(2)6-11-18/h14-15H,3-13H2,1-2H3,(H,17,20). The molecule has 0 aromatic carbocycles. The van der Waals surface area contributed by atoms with Crippen molar-refractivity contribution in [3.8, 4) is 0 Å². The molecule has 0 aromatic rings. The van der Waals surface area contributed by atoms with Gasteiger partial charge in [0.05, 0.1) is 0 Å². The molecule has 0 bridgehead atoms. The molecule has 2 aliphatic heterocycles. The van der Waals surface area contributed by atoms with Gasteiger partial charge in [0.2, 0.25) is 5.91 Å². The van der Waals surface area contributed by atoms with E-state index in [1.54, 1.807) is 8.61 Å². The number of carbonyl (C=O) groups excluding carboxylic acids is 1. The fourth-order valence-corrected chi connectivity index (χ4v) is 4.93. The lowest BCUT2D eigenvalue weighted by Crippen LogP contribution is -2.50. The van der Waals surface area contributed by atoms with Crippen molar-refractivity contribution < 1.29 is 13.2 Å². The number of piperidine rings is 2. The lowest BCUT2D eigenvalue weighted by molar-refractivity contribution is -0.126. The Labute approximate surface area is 140 Å². The summed E-state index contributed by atoms with van der Waals surface area (Å²) in [5.41, 5.74) is 0. The maximum atomic E-state index is 12.7. The van der Waals surface area contributed by atoms with Crippen LogP contribution in [0.15, 0.2) is 0 Å². The third-order valence-corrected chi connectivity index (χ3v) is 7.08. The quantitative estimate of drug-likeness (QED) is 0.743. The van der Waals surface area contributed by atoms with E-state index in [1.165, 1.54) is 0 Å². The Morgan fingerprint density at radius 3 is 2.09 bits per heavy atom. The molecule has 2 saturated heterocycles. The third-order valence-electron chi connectivity index (χ3n) is 5.05. The molecule has 0 radical (unpaired) electrons. The fourth-order valence-electron chi connectivity index (χ4n) is 3.26. The van der Waals surface area contributed by atoms with Crippen LogP contribution in [0.1, 0.15) is 52.4 Å². The zero-order valence-corrected chi connectivity index (χ0v) is 15.3. The first-order valence-electron chi connectivity index (χ1n) is 8.98. The molecule has 134 valence electrons. The Morgan fingerprint density at radius 1 is 1.04 bits per heavy atom. The van der Waals surface area contributed by atoms with Gasteiger partial charge in [-0.3, -0.25) is 4.79 Å².